The normalized spacial score (nSPS) is 10.5. The van der Waals surface area contributed by atoms with Crippen LogP contribution >= 0.6 is 15.9 Å². The Morgan fingerprint density at radius 2 is 2.14 bits per heavy atom. The summed E-state index contributed by atoms with van der Waals surface area (Å²) in [6.07, 6.45) is 1.70. The highest BCUT2D eigenvalue weighted by atomic mass is 79.9. The predicted molar refractivity (Wildman–Crippen MR) is 58.9 cm³/mol. The van der Waals surface area contributed by atoms with Gasteiger partial charge in [0, 0.05) is 17.1 Å². The lowest BCUT2D eigenvalue weighted by atomic mass is 10.1. The molecule has 0 spiro atoms. The Hall–Kier alpha value is -1.16. The second kappa shape index (κ2) is 3.53. The average Bonchev–Trinajstić information content (AvgIpc) is 2.57. The molecule has 0 aliphatic rings. The molecule has 0 saturated carbocycles. The summed E-state index contributed by atoms with van der Waals surface area (Å²) < 4.78 is 3.02. The molecule has 14 heavy (non-hydrogen) atoms. The maximum Gasteiger partial charge on any atom is 0.163 e. The second-order valence-electron chi connectivity index (χ2n) is 3.23. The largest absolute Gasteiger partial charge is 0.317 e. The highest BCUT2D eigenvalue weighted by Gasteiger charge is 2.05. The summed E-state index contributed by atoms with van der Waals surface area (Å²) in [5, 5.41) is 7.91. The molecule has 1 aromatic carbocycles. The van der Waals surface area contributed by atoms with Crippen LogP contribution in [0.3, 0.4) is 0 Å². The summed E-state index contributed by atoms with van der Waals surface area (Å²) in [5.41, 5.74) is 2.29. The van der Waals surface area contributed by atoms with Crippen LogP contribution in [0.2, 0.25) is 0 Å². The van der Waals surface area contributed by atoms with E-state index in [2.05, 4.69) is 39.1 Å². The third-order valence-corrected chi connectivity index (χ3v) is 3.02. The molecule has 2 aromatic rings. The van der Waals surface area contributed by atoms with E-state index in [0.717, 1.165) is 15.9 Å². The molecule has 72 valence electrons. The first-order valence-electron chi connectivity index (χ1n) is 4.29. The molecule has 0 unspecified atom stereocenters. The quantitative estimate of drug-likeness (QED) is 0.780. The Morgan fingerprint density at radius 1 is 1.36 bits per heavy atom. The molecule has 0 bridgehead atoms. The first kappa shape index (κ1) is 9.40. The van der Waals surface area contributed by atoms with Crippen molar-refractivity contribution in [2.24, 2.45) is 7.05 Å². The van der Waals surface area contributed by atoms with E-state index in [9.17, 15) is 0 Å². The van der Waals surface area contributed by atoms with Crippen LogP contribution < -0.4 is 0 Å². The Balaban J connectivity index is 2.53. The number of rotatable bonds is 1. The van der Waals surface area contributed by atoms with Crippen LogP contribution in [0.4, 0.5) is 0 Å². The summed E-state index contributed by atoms with van der Waals surface area (Å²) in [4.78, 5) is 0. The number of nitrogens with zero attached hydrogens (tertiary/aromatic N) is 3. The minimum atomic E-state index is 0.889. The molecule has 1 heterocycles. The molecule has 0 atom stereocenters. The van der Waals surface area contributed by atoms with E-state index in [4.69, 9.17) is 0 Å². The van der Waals surface area contributed by atoms with E-state index < -0.39 is 0 Å². The zero-order valence-electron chi connectivity index (χ0n) is 8.03. The van der Waals surface area contributed by atoms with Gasteiger partial charge in [0.1, 0.15) is 6.33 Å². The lowest BCUT2D eigenvalue weighted by Gasteiger charge is -2.03. The Kier molecular flexibility index (Phi) is 2.37. The lowest BCUT2D eigenvalue weighted by Crippen LogP contribution is -1.91. The molecule has 4 heteroatoms. The van der Waals surface area contributed by atoms with Crippen LogP contribution in [0.5, 0.6) is 0 Å². The summed E-state index contributed by atoms with van der Waals surface area (Å²) in [7, 11) is 1.94. The number of benzene rings is 1. The molecule has 0 radical (unpaired) electrons. The van der Waals surface area contributed by atoms with Crippen molar-refractivity contribution in [2.75, 3.05) is 0 Å². The van der Waals surface area contributed by atoms with E-state index in [0.29, 0.717) is 0 Å². The van der Waals surface area contributed by atoms with Gasteiger partial charge in [-0.2, -0.15) is 0 Å². The van der Waals surface area contributed by atoms with Gasteiger partial charge in [0.2, 0.25) is 0 Å². The average molecular weight is 252 g/mol. The van der Waals surface area contributed by atoms with Gasteiger partial charge in [-0.1, -0.05) is 22.0 Å². The third kappa shape index (κ3) is 1.57. The van der Waals surface area contributed by atoms with Crippen LogP contribution in [-0.4, -0.2) is 14.8 Å². The molecule has 0 fully saturated rings. The molecule has 0 amide bonds. The first-order valence-corrected chi connectivity index (χ1v) is 5.08. The number of aromatic nitrogens is 3. The maximum absolute atomic E-state index is 4.05. The summed E-state index contributed by atoms with van der Waals surface area (Å²) >= 11 is 3.47. The molecule has 0 N–H and O–H groups in total. The molecular weight excluding hydrogens is 242 g/mol. The zero-order valence-corrected chi connectivity index (χ0v) is 9.62. The van der Waals surface area contributed by atoms with E-state index in [1.54, 1.807) is 6.33 Å². The van der Waals surface area contributed by atoms with Gasteiger partial charge in [-0.3, -0.25) is 0 Å². The van der Waals surface area contributed by atoms with Gasteiger partial charge in [-0.05, 0) is 24.6 Å². The number of halogens is 1. The van der Waals surface area contributed by atoms with Crippen LogP contribution in [0, 0.1) is 6.92 Å². The van der Waals surface area contributed by atoms with Crippen LogP contribution in [0.25, 0.3) is 11.4 Å². The monoisotopic (exact) mass is 251 g/mol. The standard InChI is InChI=1S/C10H10BrN3/c1-7-5-8(3-4-9(7)11)10-13-12-6-14(10)2/h3-6H,1-2H3. The predicted octanol–water partition coefficient (Wildman–Crippen LogP) is 2.55. The second-order valence-corrected chi connectivity index (χ2v) is 4.08. The van der Waals surface area contributed by atoms with Crippen molar-refractivity contribution in [1.82, 2.24) is 14.8 Å². The lowest BCUT2D eigenvalue weighted by molar-refractivity contribution is 0.919. The van der Waals surface area contributed by atoms with Crippen LogP contribution in [0.15, 0.2) is 29.0 Å². The molecule has 0 aliphatic heterocycles. The Labute approximate surface area is 90.9 Å². The fourth-order valence-electron chi connectivity index (χ4n) is 1.33. The molecule has 1 aromatic heterocycles. The molecular formula is C10H10BrN3. The van der Waals surface area contributed by atoms with E-state index >= 15 is 0 Å². The van der Waals surface area contributed by atoms with Crippen molar-refractivity contribution in [2.45, 2.75) is 6.92 Å². The first-order chi connectivity index (χ1) is 6.68. The van der Waals surface area contributed by atoms with E-state index in [1.165, 1.54) is 5.56 Å². The van der Waals surface area contributed by atoms with E-state index in [-0.39, 0.29) is 0 Å². The Bertz CT molecular complexity index is 462. The SMILES string of the molecule is Cc1cc(-c2nncn2C)ccc1Br. The van der Waals surface area contributed by atoms with Gasteiger partial charge < -0.3 is 4.57 Å². The zero-order chi connectivity index (χ0) is 10.1. The number of hydrogen-bond donors (Lipinski definition) is 0. The molecule has 2 rings (SSSR count). The van der Waals surface area contributed by atoms with Gasteiger partial charge in [0.05, 0.1) is 0 Å². The molecule has 0 saturated heterocycles. The van der Waals surface area contributed by atoms with Gasteiger partial charge in [-0.25, -0.2) is 0 Å². The van der Waals surface area contributed by atoms with Crippen LogP contribution in [0.1, 0.15) is 5.56 Å². The highest BCUT2D eigenvalue weighted by Crippen LogP contribution is 2.22. The van der Waals surface area contributed by atoms with Crippen molar-refractivity contribution in [3.05, 3.63) is 34.6 Å². The summed E-state index contributed by atoms with van der Waals surface area (Å²) in [6.45, 7) is 2.06. The third-order valence-electron chi connectivity index (χ3n) is 2.13. The van der Waals surface area contributed by atoms with Gasteiger partial charge in [0.25, 0.3) is 0 Å². The number of aryl methyl sites for hydroxylation is 2. The van der Waals surface area contributed by atoms with Crippen molar-refractivity contribution >= 4 is 15.9 Å². The molecule has 0 aliphatic carbocycles. The molecule has 3 nitrogen and oxygen atoms in total. The van der Waals surface area contributed by atoms with Crippen molar-refractivity contribution in [3.63, 3.8) is 0 Å². The van der Waals surface area contributed by atoms with Crippen molar-refractivity contribution < 1.29 is 0 Å². The minimum absolute atomic E-state index is 0.889. The highest BCUT2D eigenvalue weighted by molar-refractivity contribution is 9.10. The van der Waals surface area contributed by atoms with E-state index in [1.807, 2.05) is 23.7 Å². The fourth-order valence-corrected chi connectivity index (χ4v) is 1.57. The summed E-state index contributed by atoms with van der Waals surface area (Å²) in [5.74, 6) is 0.889. The van der Waals surface area contributed by atoms with Gasteiger partial charge in [-0.15, -0.1) is 10.2 Å². The Morgan fingerprint density at radius 3 is 2.71 bits per heavy atom. The van der Waals surface area contributed by atoms with Crippen LogP contribution in [-0.2, 0) is 7.05 Å². The topological polar surface area (TPSA) is 30.7 Å². The summed E-state index contributed by atoms with van der Waals surface area (Å²) in [6, 6.07) is 6.15. The fraction of sp³-hybridized carbons (Fsp3) is 0.200. The smallest absolute Gasteiger partial charge is 0.163 e. The van der Waals surface area contributed by atoms with Crippen molar-refractivity contribution in [3.8, 4) is 11.4 Å². The van der Waals surface area contributed by atoms with Gasteiger partial charge >= 0.3 is 0 Å². The maximum atomic E-state index is 4.05. The minimum Gasteiger partial charge on any atom is -0.317 e. The number of hydrogen-bond acceptors (Lipinski definition) is 2. The van der Waals surface area contributed by atoms with Gasteiger partial charge in [0.15, 0.2) is 5.82 Å². The van der Waals surface area contributed by atoms with Crippen molar-refractivity contribution in [1.29, 1.82) is 0 Å².